The van der Waals surface area contributed by atoms with Crippen molar-refractivity contribution in [3.63, 3.8) is 0 Å². The monoisotopic (exact) mass is 114 g/mol. The molecule has 1 radical (unpaired) electrons. The molecule has 1 nitrogen and oxygen atoms in total. The molecule has 0 fully saturated rings. The first-order valence-electron chi connectivity index (χ1n) is 2.38. The molecule has 0 atom stereocenters. The Bertz CT molecular complexity index is 80.1. The molecule has 0 aromatic carbocycles. The highest BCUT2D eigenvalue weighted by Gasteiger charge is 1.99. The van der Waals surface area contributed by atoms with Crippen molar-refractivity contribution in [3.05, 3.63) is 11.6 Å². The Balaban J connectivity index is 2.28. The van der Waals surface area contributed by atoms with Gasteiger partial charge in [0.05, 0.1) is 12.1 Å². The zero-order valence-corrected chi connectivity index (χ0v) is 5.16. The fourth-order valence-electron chi connectivity index (χ4n) is 0.459. The van der Waals surface area contributed by atoms with Gasteiger partial charge in [0.1, 0.15) is 0 Å². The Morgan fingerprint density at radius 1 is 2.00 bits per heavy atom. The van der Waals surface area contributed by atoms with E-state index in [4.69, 9.17) is 0 Å². The van der Waals surface area contributed by atoms with E-state index >= 15 is 0 Å². The first-order chi connectivity index (χ1) is 3.43. The fourth-order valence-corrected chi connectivity index (χ4v) is 1.19. The van der Waals surface area contributed by atoms with Crippen LogP contribution < -0.4 is 0 Å². The third kappa shape index (κ3) is 1.13. The van der Waals surface area contributed by atoms with Crippen LogP contribution in [0.5, 0.6) is 0 Å². The average molecular weight is 114 g/mol. The predicted octanol–water partition coefficient (Wildman–Crippen LogP) is 1.29. The SMILES string of the molecule is CCN1[C]=CSC1. The van der Waals surface area contributed by atoms with E-state index in [0.29, 0.717) is 0 Å². The van der Waals surface area contributed by atoms with Crippen molar-refractivity contribution < 1.29 is 0 Å². The van der Waals surface area contributed by atoms with E-state index in [0.717, 1.165) is 12.4 Å². The summed E-state index contributed by atoms with van der Waals surface area (Å²) in [7, 11) is 0. The summed E-state index contributed by atoms with van der Waals surface area (Å²) in [5, 5.41) is 2.00. The van der Waals surface area contributed by atoms with Gasteiger partial charge < -0.3 is 4.90 Å². The Kier molecular flexibility index (Phi) is 1.63. The molecule has 0 saturated carbocycles. The zero-order valence-electron chi connectivity index (χ0n) is 4.35. The van der Waals surface area contributed by atoms with Gasteiger partial charge in [-0.05, 0) is 12.3 Å². The molecule has 0 aromatic heterocycles. The van der Waals surface area contributed by atoms with Crippen molar-refractivity contribution in [3.8, 4) is 0 Å². The Hall–Kier alpha value is -0.110. The molecule has 0 amide bonds. The van der Waals surface area contributed by atoms with Crippen molar-refractivity contribution in [1.29, 1.82) is 0 Å². The minimum atomic E-state index is 1.09. The van der Waals surface area contributed by atoms with Crippen LogP contribution in [-0.2, 0) is 0 Å². The molecule has 1 rings (SSSR count). The van der Waals surface area contributed by atoms with Gasteiger partial charge in [0, 0.05) is 6.54 Å². The van der Waals surface area contributed by atoms with Gasteiger partial charge in [-0.3, -0.25) is 0 Å². The molecule has 7 heavy (non-hydrogen) atoms. The van der Waals surface area contributed by atoms with E-state index < -0.39 is 0 Å². The molecule has 0 aromatic rings. The second-order valence-electron chi connectivity index (χ2n) is 1.40. The van der Waals surface area contributed by atoms with E-state index in [1.807, 2.05) is 5.41 Å². The lowest BCUT2D eigenvalue weighted by molar-refractivity contribution is 0.454. The van der Waals surface area contributed by atoms with Gasteiger partial charge >= 0.3 is 0 Å². The quantitative estimate of drug-likeness (QED) is 0.505. The maximum Gasteiger partial charge on any atom is 0.0681 e. The van der Waals surface area contributed by atoms with Gasteiger partial charge in [-0.15, -0.1) is 11.8 Å². The maximum absolute atomic E-state index is 3.08. The van der Waals surface area contributed by atoms with Gasteiger partial charge in [0.15, 0.2) is 0 Å². The summed E-state index contributed by atoms with van der Waals surface area (Å²) < 4.78 is 0. The minimum absolute atomic E-state index is 1.09. The van der Waals surface area contributed by atoms with Gasteiger partial charge in [-0.25, -0.2) is 0 Å². The lowest BCUT2D eigenvalue weighted by Gasteiger charge is -2.07. The predicted molar refractivity (Wildman–Crippen MR) is 32.7 cm³/mol. The van der Waals surface area contributed by atoms with Crippen LogP contribution in [0, 0.1) is 6.20 Å². The molecular formula is C5H8NS. The molecule has 0 saturated heterocycles. The molecule has 0 N–H and O–H groups in total. The summed E-state index contributed by atoms with van der Waals surface area (Å²) in [5.74, 6) is 1.09. The number of nitrogens with zero attached hydrogens (tertiary/aromatic N) is 1. The minimum Gasteiger partial charge on any atom is -0.360 e. The Morgan fingerprint density at radius 2 is 2.86 bits per heavy atom. The molecule has 0 bridgehead atoms. The van der Waals surface area contributed by atoms with Crippen LogP contribution in [0.4, 0.5) is 0 Å². The van der Waals surface area contributed by atoms with E-state index in [1.165, 1.54) is 0 Å². The highest BCUT2D eigenvalue weighted by atomic mass is 32.2. The first kappa shape index (κ1) is 5.04. The van der Waals surface area contributed by atoms with Crippen LogP contribution in [0.1, 0.15) is 6.92 Å². The average Bonchev–Trinajstić information content (AvgIpc) is 2.14. The van der Waals surface area contributed by atoms with Crippen LogP contribution in [-0.4, -0.2) is 17.3 Å². The Labute approximate surface area is 48.4 Å². The normalized spacial score (nSPS) is 18.7. The molecule has 1 aliphatic heterocycles. The number of hydrogen-bond donors (Lipinski definition) is 0. The second kappa shape index (κ2) is 2.26. The maximum atomic E-state index is 3.08. The van der Waals surface area contributed by atoms with Crippen molar-refractivity contribution in [1.82, 2.24) is 4.90 Å². The van der Waals surface area contributed by atoms with Crippen molar-refractivity contribution in [2.45, 2.75) is 6.92 Å². The summed E-state index contributed by atoms with van der Waals surface area (Å²) in [5.41, 5.74) is 0. The van der Waals surface area contributed by atoms with Crippen LogP contribution >= 0.6 is 11.8 Å². The van der Waals surface area contributed by atoms with Crippen molar-refractivity contribution >= 4 is 11.8 Å². The Morgan fingerprint density at radius 3 is 3.14 bits per heavy atom. The first-order valence-corrected chi connectivity index (χ1v) is 3.42. The van der Waals surface area contributed by atoms with Crippen molar-refractivity contribution in [2.24, 2.45) is 0 Å². The lowest BCUT2D eigenvalue weighted by Crippen LogP contribution is -2.11. The van der Waals surface area contributed by atoms with Gasteiger partial charge in [0.2, 0.25) is 0 Å². The third-order valence-corrected chi connectivity index (χ3v) is 1.66. The lowest BCUT2D eigenvalue weighted by atomic mass is 10.7. The largest absolute Gasteiger partial charge is 0.360 e. The molecular weight excluding hydrogens is 106 g/mol. The summed E-state index contributed by atoms with van der Waals surface area (Å²) in [6.45, 7) is 3.22. The number of rotatable bonds is 1. The topological polar surface area (TPSA) is 3.24 Å². The molecule has 0 spiro atoms. The van der Waals surface area contributed by atoms with Crippen LogP contribution in [0.2, 0.25) is 0 Å². The summed E-state index contributed by atoms with van der Waals surface area (Å²) in [4.78, 5) is 2.14. The van der Waals surface area contributed by atoms with E-state index in [9.17, 15) is 0 Å². The van der Waals surface area contributed by atoms with Gasteiger partial charge in [0.25, 0.3) is 0 Å². The van der Waals surface area contributed by atoms with E-state index in [1.54, 1.807) is 11.8 Å². The molecule has 2 heteroatoms. The van der Waals surface area contributed by atoms with Crippen molar-refractivity contribution in [2.75, 3.05) is 12.4 Å². The van der Waals surface area contributed by atoms with Crippen LogP contribution in [0.15, 0.2) is 5.41 Å². The molecule has 1 aliphatic rings. The number of hydrogen-bond acceptors (Lipinski definition) is 2. The molecule has 39 valence electrons. The van der Waals surface area contributed by atoms with E-state index in [2.05, 4.69) is 18.0 Å². The summed E-state index contributed by atoms with van der Waals surface area (Å²) in [6.07, 6.45) is 3.08. The highest BCUT2D eigenvalue weighted by molar-refractivity contribution is 8.02. The molecule has 0 aliphatic carbocycles. The third-order valence-electron chi connectivity index (χ3n) is 0.931. The number of thioether (sulfide) groups is 1. The molecule has 0 unspecified atom stereocenters. The van der Waals surface area contributed by atoms with E-state index in [-0.39, 0.29) is 0 Å². The summed E-state index contributed by atoms with van der Waals surface area (Å²) in [6, 6.07) is 0. The fraction of sp³-hybridized carbons (Fsp3) is 0.600. The van der Waals surface area contributed by atoms with Gasteiger partial charge in [-0.2, -0.15) is 0 Å². The highest BCUT2D eigenvalue weighted by Crippen LogP contribution is 2.12. The zero-order chi connectivity index (χ0) is 5.11. The van der Waals surface area contributed by atoms with Crippen LogP contribution in [0.3, 0.4) is 0 Å². The molecule has 1 heterocycles. The van der Waals surface area contributed by atoms with Gasteiger partial charge in [-0.1, -0.05) is 0 Å². The standard InChI is InChI=1S/C5H8NS/c1-2-6-3-4-7-5-6/h4H,2,5H2,1H3. The second-order valence-corrected chi connectivity index (χ2v) is 2.23. The smallest absolute Gasteiger partial charge is 0.0681 e. The van der Waals surface area contributed by atoms with Crippen LogP contribution in [0.25, 0.3) is 0 Å². The summed E-state index contributed by atoms with van der Waals surface area (Å²) >= 11 is 1.80.